The first-order valence-corrected chi connectivity index (χ1v) is 11.7. The van der Waals surface area contributed by atoms with Crippen molar-refractivity contribution in [2.75, 3.05) is 18.1 Å². The summed E-state index contributed by atoms with van der Waals surface area (Å²) in [5, 5.41) is 0. The first-order chi connectivity index (χ1) is 14.7. The third kappa shape index (κ3) is 3.84. The molecule has 0 spiro atoms. The summed E-state index contributed by atoms with van der Waals surface area (Å²) in [4.78, 5) is 6.58. The molecule has 0 bridgehead atoms. The fraction of sp³-hybridized carbons (Fsp3) is 0.208. The molecule has 0 saturated carbocycles. The van der Waals surface area contributed by atoms with Gasteiger partial charge in [-0.1, -0.05) is 60.7 Å². The molecule has 2 heterocycles. The predicted octanol–water partition coefficient (Wildman–Crippen LogP) is 6.36. The van der Waals surface area contributed by atoms with Crippen LogP contribution >= 0.6 is 7.60 Å². The fourth-order valence-electron chi connectivity index (χ4n) is 3.79. The standard InChI is InChI=1S/C24H25N2O3P/c1-3-28-30(27,29-4-2)24-21-15-9-8-14-20(21)18-22(19-12-6-5-7-13-19)26(24)23-16-10-11-17-25-23/h5-18,24H,3-4H2,1-2H3. The highest BCUT2D eigenvalue weighted by molar-refractivity contribution is 7.54. The summed E-state index contributed by atoms with van der Waals surface area (Å²) in [7, 11) is -3.56. The summed E-state index contributed by atoms with van der Waals surface area (Å²) < 4.78 is 25.8. The highest BCUT2D eigenvalue weighted by Crippen LogP contribution is 2.65. The van der Waals surface area contributed by atoms with Crippen LogP contribution < -0.4 is 4.90 Å². The smallest absolute Gasteiger partial charge is 0.307 e. The molecule has 1 aromatic heterocycles. The van der Waals surface area contributed by atoms with E-state index < -0.39 is 13.4 Å². The number of hydrogen-bond acceptors (Lipinski definition) is 5. The average molecular weight is 420 g/mol. The van der Waals surface area contributed by atoms with Gasteiger partial charge in [0, 0.05) is 6.20 Å². The summed E-state index contributed by atoms with van der Waals surface area (Å²) in [5.41, 5.74) is 3.79. The largest absolute Gasteiger partial charge is 0.357 e. The van der Waals surface area contributed by atoms with Crippen molar-refractivity contribution in [1.29, 1.82) is 0 Å². The van der Waals surface area contributed by atoms with Gasteiger partial charge in [-0.2, -0.15) is 0 Å². The minimum atomic E-state index is -3.56. The van der Waals surface area contributed by atoms with E-state index in [1.807, 2.05) is 91.5 Å². The van der Waals surface area contributed by atoms with E-state index >= 15 is 0 Å². The number of rotatable bonds is 7. The molecular formula is C24H25N2O3P. The predicted molar refractivity (Wildman–Crippen MR) is 121 cm³/mol. The topological polar surface area (TPSA) is 51.7 Å². The minimum absolute atomic E-state index is 0.288. The van der Waals surface area contributed by atoms with E-state index in [9.17, 15) is 4.57 Å². The van der Waals surface area contributed by atoms with E-state index in [0.717, 1.165) is 22.4 Å². The first kappa shape index (κ1) is 20.5. The maximum Gasteiger partial charge on any atom is 0.357 e. The van der Waals surface area contributed by atoms with Crippen LogP contribution in [0.4, 0.5) is 5.82 Å². The van der Waals surface area contributed by atoms with Gasteiger partial charge < -0.3 is 13.9 Å². The first-order valence-electron chi connectivity index (χ1n) is 10.1. The summed E-state index contributed by atoms with van der Waals surface area (Å²) in [5.74, 6) is 0.0374. The number of nitrogens with zero attached hydrogens (tertiary/aromatic N) is 2. The number of anilines is 1. The summed E-state index contributed by atoms with van der Waals surface area (Å²) >= 11 is 0. The Bertz CT molecular complexity index is 1060. The summed E-state index contributed by atoms with van der Waals surface area (Å²) in [6.45, 7) is 4.24. The Morgan fingerprint density at radius 1 is 0.900 bits per heavy atom. The summed E-state index contributed by atoms with van der Waals surface area (Å²) in [6.07, 6.45) is 3.85. The molecule has 1 unspecified atom stereocenters. The van der Waals surface area contributed by atoms with Crippen LogP contribution in [-0.4, -0.2) is 18.2 Å². The maximum absolute atomic E-state index is 14.2. The lowest BCUT2D eigenvalue weighted by atomic mass is 9.97. The van der Waals surface area contributed by atoms with Crippen molar-refractivity contribution in [2.45, 2.75) is 19.6 Å². The Hall–Kier alpha value is -2.72. The minimum Gasteiger partial charge on any atom is -0.307 e. The van der Waals surface area contributed by atoms with Crippen LogP contribution in [0.5, 0.6) is 0 Å². The van der Waals surface area contributed by atoms with E-state index in [-0.39, 0.29) is 13.2 Å². The van der Waals surface area contributed by atoms with Gasteiger partial charge in [0.2, 0.25) is 0 Å². The van der Waals surface area contributed by atoms with Crippen molar-refractivity contribution >= 4 is 25.2 Å². The van der Waals surface area contributed by atoms with Gasteiger partial charge in [0.15, 0.2) is 5.78 Å². The number of fused-ring (bicyclic) bond motifs is 1. The molecule has 0 fully saturated rings. The molecule has 1 aliphatic rings. The zero-order chi connectivity index (χ0) is 21.0. The van der Waals surface area contributed by atoms with Crippen LogP contribution in [0.1, 0.15) is 36.3 Å². The molecule has 0 amide bonds. The molecule has 30 heavy (non-hydrogen) atoms. The molecule has 3 aromatic rings. The van der Waals surface area contributed by atoms with E-state index in [1.165, 1.54) is 0 Å². The molecule has 1 aliphatic heterocycles. The van der Waals surface area contributed by atoms with Gasteiger partial charge in [0.25, 0.3) is 0 Å². The van der Waals surface area contributed by atoms with Crippen LogP contribution in [-0.2, 0) is 13.6 Å². The maximum atomic E-state index is 14.2. The SMILES string of the molecule is CCOP(=O)(OCC)C1c2ccccc2C=C(c2ccccc2)N1c1ccccn1. The lowest BCUT2D eigenvalue weighted by molar-refractivity contribution is 0.212. The third-order valence-electron chi connectivity index (χ3n) is 4.95. The number of benzene rings is 2. The van der Waals surface area contributed by atoms with E-state index in [2.05, 4.69) is 11.1 Å². The number of hydrogen-bond donors (Lipinski definition) is 0. The monoisotopic (exact) mass is 420 g/mol. The van der Waals surface area contributed by atoms with Crippen molar-refractivity contribution in [3.63, 3.8) is 0 Å². The number of aromatic nitrogens is 1. The highest BCUT2D eigenvalue weighted by Gasteiger charge is 2.46. The van der Waals surface area contributed by atoms with E-state index in [0.29, 0.717) is 5.82 Å². The molecule has 0 N–H and O–H groups in total. The second-order valence-corrected chi connectivity index (χ2v) is 8.92. The van der Waals surface area contributed by atoms with Crippen molar-refractivity contribution in [3.05, 3.63) is 95.7 Å². The molecule has 5 nitrogen and oxygen atoms in total. The zero-order valence-corrected chi connectivity index (χ0v) is 18.0. The lowest BCUT2D eigenvalue weighted by Crippen LogP contribution is -2.32. The van der Waals surface area contributed by atoms with Crippen molar-refractivity contribution in [3.8, 4) is 0 Å². The van der Waals surface area contributed by atoms with Crippen LogP contribution in [0.3, 0.4) is 0 Å². The van der Waals surface area contributed by atoms with E-state index in [4.69, 9.17) is 9.05 Å². The Kier molecular flexibility index (Phi) is 6.14. The molecular weight excluding hydrogens is 395 g/mol. The molecule has 0 radical (unpaired) electrons. The van der Waals surface area contributed by atoms with Gasteiger partial charge in [-0.15, -0.1) is 0 Å². The Morgan fingerprint density at radius 2 is 1.57 bits per heavy atom. The van der Waals surface area contributed by atoms with Crippen LogP contribution in [0.15, 0.2) is 79.0 Å². The van der Waals surface area contributed by atoms with Gasteiger partial charge in [0.05, 0.1) is 18.9 Å². The van der Waals surface area contributed by atoms with E-state index in [1.54, 1.807) is 6.20 Å². The van der Waals surface area contributed by atoms with Crippen LogP contribution in [0, 0.1) is 0 Å². The van der Waals surface area contributed by atoms with Gasteiger partial charge in [-0.25, -0.2) is 4.98 Å². The molecule has 1 atom stereocenters. The van der Waals surface area contributed by atoms with Gasteiger partial charge >= 0.3 is 7.60 Å². The van der Waals surface area contributed by atoms with Crippen molar-refractivity contribution in [2.24, 2.45) is 0 Å². The number of pyridine rings is 1. The van der Waals surface area contributed by atoms with Crippen molar-refractivity contribution < 1.29 is 13.6 Å². The molecule has 154 valence electrons. The normalized spacial score (nSPS) is 16.1. The van der Waals surface area contributed by atoms with Crippen LogP contribution in [0.2, 0.25) is 0 Å². The van der Waals surface area contributed by atoms with Gasteiger partial charge in [-0.3, -0.25) is 4.57 Å². The Balaban J connectivity index is 2.00. The highest BCUT2D eigenvalue weighted by atomic mass is 31.2. The lowest BCUT2D eigenvalue weighted by Gasteiger charge is -2.41. The van der Waals surface area contributed by atoms with Gasteiger partial charge in [0.1, 0.15) is 5.82 Å². The average Bonchev–Trinajstić information content (AvgIpc) is 2.79. The van der Waals surface area contributed by atoms with Gasteiger partial charge in [-0.05, 0) is 48.7 Å². The Labute approximate surface area is 177 Å². The molecule has 6 heteroatoms. The Morgan fingerprint density at radius 3 is 2.23 bits per heavy atom. The summed E-state index contributed by atoms with van der Waals surface area (Å²) in [6, 6.07) is 23.7. The van der Waals surface area contributed by atoms with Crippen LogP contribution in [0.25, 0.3) is 11.8 Å². The fourth-order valence-corrected chi connectivity index (χ4v) is 5.97. The second kappa shape index (κ2) is 8.97. The molecule has 0 saturated heterocycles. The third-order valence-corrected chi connectivity index (χ3v) is 7.30. The molecule has 0 aliphatic carbocycles. The zero-order valence-electron chi connectivity index (χ0n) is 17.1. The van der Waals surface area contributed by atoms with Crippen molar-refractivity contribution in [1.82, 2.24) is 4.98 Å². The molecule has 2 aromatic carbocycles. The quantitative estimate of drug-likeness (QED) is 0.416. The molecule has 4 rings (SSSR count). The second-order valence-electron chi connectivity index (χ2n) is 6.83.